The minimum Gasteiger partial charge on any atom is -0.493 e. The van der Waals surface area contributed by atoms with Crippen molar-refractivity contribution >= 4 is 11.7 Å². The van der Waals surface area contributed by atoms with Crippen molar-refractivity contribution in [2.24, 2.45) is 0 Å². The molecule has 0 aliphatic carbocycles. The van der Waals surface area contributed by atoms with Crippen LogP contribution in [-0.2, 0) is 17.6 Å². The summed E-state index contributed by atoms with van der Waals surface area (Å²) in [6, 6.07) is 14.7. The fourth-order valence-electron chi connectivity index (χ4n) is 3.05. The van der Waals surface area contributed by atoms with Crippen LogP contribution in [-0.4, -0.2) is 52.8 Å². The van der Waals surface area contributed by atoms with Crippen LogP contribution in [0.3, 0.4) is 0 Å². The van der Waals surface area contributed by atoms with Gasteiger partial charge in [-0.3, -0.25) is 19.8 Å². The van der Waals surface area contributed by atoms with Gasteiger partial charge < -0.3 is 14.4 Å². The van der Waals surface area contributed by atoms with Crippen LogP contribution in [0.4, 0.5) is 5.69 Å². The molecule has 0 saturated heterocycles. The lowest BCUT2D eigenvalue weighted by atomic mass is 10.1. The summed E-state index contributed by atoms with van der Waals surface area (Å²) in [4.78, 5) is 23.5. The SMILES string of the molecule is CN(C)[C@@H](Cc1ccc(OCCc2cc(-c3cccc([N+](=O)[O-])c3)no2)cc1)C(=O)O. The molecule has 2 aromatic carbocycles. The maximum atomic E-state index is 11.3. The fourth-order valence-corrected chi connectivity index (χ4v) is 3.05. The van der Waals surface area contributed by atoms with E-state index in [0.29, 0.717) is 42.2 Å². The number of rotatable bonds is 10. The molecule has 9 heteroatoms. The second kappa shape index (κ2) is 9.86. The van der Waals surface area contributed by atoms with E-state index in [9.17, 15) is 20.0 Å². The Hall–Kier alpha value is -3.72. The summed E-state index contributed by atoms with van der Waals surface area (Å²) in [7, 11) is 3.48. The highest BCUT2D eigenvalue weighted by molar-refractivity contribution is 5.73. The van der Waals surface area contributed by atoms with Crippen LogP contribution in [0.2, 0.25) is 0 Å². The summed E-state index contributed by atoms with van der Waals surface area (Å²) in [5.41, 5.74) is 2.04. The summed E-state index contributed by atoms with van der Waals surface area (Å²) in [6.07, 6.45) is 0.881. The van der Waals surface area contributed by atoms with Gasteiger partial charge in [0.05, 0.1) is 11.5 Å². The predicted octanol–water partition coefficient (Wildman–Crippen LogP) is 3.43. The number of nitro groups is 1. The molecular weight excluding hydrogens is 402 g/mol. The second-order valence-electron chi connectivity index (χ2n) is 7.25. The standard InChI is InChI=1S/C22H23N3O6/c1-24(2)21(22(26)27)12-15-6-8-18(9-7-15)30-11-10-19-14-20(23-31-19)16-4-3-5-17(13-16)25(28)29/h3-9,13-14,21H,10-12H2,1-2H3,(H,26,27)/t21-/m0/s1. The highest BCUT2D eigenvalue weighted by atomic mass is 16.6. The molecule has 1 N–H and O–H groups in total. The van der Waals surface area contributed by atoms with E-state index >= 15 is 0 Å². The van der Waals surface area contributed by atoms with E-state index in [1.54, 1.807) is 49.3 Å². The number of likely N-dealkylation sites (N-methyl/N-ethyl adjacent to an activating group) is 1. The summed E-state index contributed by atoms with van der Waals surface area (Å²) < 4.78 is 11.0. The van der Waals surface area contributed by atoms with E-state index in [1.807, 2.05) is 12.1 Å². The highest BCUT2D eigenvalue weighted by Crippen LogP contribution is 2.24. The van der Waals surface area contributed by atoms with E-state index in [2.05, 4.69) is 5.16 Å². The largest absolute Gasteiger partial charge is 0.493 e. The molecule has 0 spiro atoms. The van der Waals surface area contributed by atoms with Gasteiger partial charge in [-0.15, -0.1) is 0 Å². The number of carboxylic acid groups (broad SMARTS) is 1. The first kappa shape index (κ1) is 22.0. The Labute approximate surface area is 179 Å². The molecule has 3 rings (SSSR count). The van der Waals surface area contributed by atoms with Crippen LogP contribution >= 0.6 is 0 Å². The lowest BCUT2D eigenvalue weighted by Gasteiger charge is -2.20. The van der Waals surface area contributed by atoms with Crippen LogP contribution in [0.25, 0.3) is 11.3 Å². The van der Waals surface area contributed by atoms with E-state index in [1.165, 1.54) is 12.1 Å². The number of aromatic nitrogens is 1. The number of ether oxygens (including phenoxy) is 1. The number of benzene rings is 2. The first-order valence-corrected chi connectivity index (χ1v) is 9.65. The van der Waals surface area contributed by atoms with Crippen molar-refractivity contribution in [2.75, 3.05) is 20.7 Å². The number of non-ortho nitro benzene ring substituents is 1. The van der Waals surface area contributed by atoms with Crippen molar-refractivity contribution in [1.82, 2.24) is 10.1 Å². The Kier molecular flexibility index (Phi) is 6.99. The maximum absolute atomic E-state index is 11.3. The average Bonchev–Trinajstić information content (AvgIpc) is 3.21. The second-order valence-corrected chi connectivity index (χ2v) is 7.25. The number of hydrogen-bond acceptors (Lipinski definition) is 7. The molecule has 0 aliphatic heterocycles. The topological polar surface area (TPSA) is 119 Å². The third-order valence-corrected chi connectivity index (χ3v) is 4.79. The van der Waals surface area contributed by atoms with Crippen molar-refractivity contribution in [3.8, 4) is 17.0 Å². The minimum atomic E-state index is -0.859. The highest BCUT2D eigenvalue weighted by Gasteiger charge is 2.20. The van der Waals surface area contributed by atoms with Crippen molar-refractivity contribution < 1.29 is 24.1 Å². The van der Waals surface area contributed by atoms with Crippen molar-refractivity contribution in [2.45, 2.75) is 18.9 Å². The van der Waals surface area contributed by atoms with Crippen molar-refractivity contribution in [1.29, 1.82) is 0 Å². The van der Waals surface area contributed by atoms with E-state index in [0.717, 1.165) is 5.56 Å². The zero-order valence-corrected chi connectivity index (χ0v) is 17.2. The van der Waals surface area contributed by atoms with Gasteiger partial charge in [0.1, 0.15) is 23.2 Å². The van der Waals surface area contributed by atoms with Gasteiger partial charge in [0, 0.05) is 30.2 Å². The van der Waals surface area contributed by atoms with E-state index in [4.69, 9.17) is 9.26 Å². The summed E-state index contributed by atoms with van der Waals surface area (Å²) in [5, 5.41) is 24.2. The quantitative estimate of drug-likeness (QED) is 0.388. The molecule has 1 atom stereocenters. The van der Waals surface area contributed by atoms with Gasteiger partial charge in [0.2, 0.25) is 0 Å². The molecular formula is C22H23N3O6. The number of carboxylic acids is 1. The van der Waals surface area contributed by atoms with Crippen molar-refractivity contribution in [3.05, 3.63) is 76.0 Å². The van der Waals surface area contributed by atoms with E-state index < -0.39 is 16.9 Å². The molecule has 0 unspecified atom stereocenters. The Morgan fingerprint density at radius 2 is 1.97 bits per heavy atom. The van der Waals surface area contributed by atoms with Gasteiger partial charge in [0.25, 0.3) is 5.69 Å². The zero-order chi connectivity index (χ0) is 22.4. The van der Waals surface area contributed by atoms with Crippen LogP contribution in [0.1, 0.15) is 11.3 Å². The fraction of sp³-hybridized carbons (Fsp3) is 0.273. The molecule has 0 aliphatic rings. The molecule has 1 heterocycles. The molecule has 3 aromatic rings. The lowest BCUT2D eigenvalue weighted by Crippen LogP contribution is -2.37. The van der Waals surface area contributed by atoms with E-state index in [-0.39, 0.29) is 5.69 Å². The monoisotopic (exact) mass is 425 g/mol. The van der Waals surface area contributed by atoms with Crippen LogP contribution in [0, 0.1) is 10.1 Å². The minimum absolute atomic E-state index is 0.00547. The molecule has 0 amide bonds. The number of hydrogen-bond donors (Lipinski definition) is 1. The Bertz CT molecular complexity index is 1050. The van der Waals surface area contributed by atoms with Gasteiger partial charge >= 0.3 is 5.97 Å². The Morgan fingerprint density at radius 3 is 2.61 bits per heavy atom. The number of nitro benzene ring substituents is 1. The molecule has 0 bridgehead atoms. The summed E-state index contributed by atoms with van der Waals surface area (Å²) >= 11 is 0. The van der Waals surface area contributed by atoms with Crippen LogP contribution in [0.15, 0.2) is 59.1 Å². The molecule has 0 saturated carbocycles. The number of aliphatic carboxylic acids is 1. The van der Waals surface area contributed by atoms with Gasteiger partial charge in [0.15, 0.2) is 0 Å². The first-order valence-electron chi connectivity index (χ1n) is 9.65. The molecule has 9 nitrogen and oxygen atoms in total. The van der Waals surface area contributed by atoms with Gasteiger partial charge in [-0.05, 0) is 38.2 Å². The lowest BCUT2D eigenvalue weighted by molar-refractivity contribution is -0.384. The average molecular weight is 425 g/mol. The normalized spacial score (nSPS) is 12.0. The van der Waals surface area contributed by atoms with Crippen molar-refractivity contribution in [3.63, 3.8) is 0 Å². The molecule has 162 valence electrons. The molecule has 31 heavy (non-hydrogen) atoms. The zero-order valence-electron chi connectivity index (χ0n) is 17.2. The third-order valence-electron chi connectivity index (χ3n) is 4.79. The summed E-state index contributed by atoms with van der Waals surface area (Å²) in [5.74, 6) is 0.411. The van der Waals surface area contributed by atoms with Crippen LogP contribution in [0.5, 0.6) is 5.75 Å². The van der Waals surface area contributed by atoms with Crippen LogP contribution < -0.4 is 4.74 Å². The van der Waals surface area contributed by atoms with Gasteiger partial charge in [-0.1, -0.05) is 29.4 Å². The Morgan fingerprint density at radius 1 is 1.23 bits per heavy atom. The maximum Gasteiger partial charge on any atom is 0.321 e. The molecule has 0 radical (unpaired) electrons. The van der Waals surface area contributed by atoms with Gasteiger partial charge in [-0.2, -0.15) is 0 Å². The van der Waals surface area contributed by atoms with Gasteiger partial charge in [-0.25, -0.2) is 0 Å². The third kappa shape index (κ3) is 5.89. The first-order chi connectivity index (χ1) is 14.8. The molecule has 1 aromatic heterocycles. The molecule has 0 fully saturated rings. The number of carbonyl (C=O) groups is 1. The smallest absolute Gasteiger partial charge is 0.321 e. The number of nitrogens with zero attached hydrogens (tertiary/aromatic N) is 3. The Balaban J connectivity index is 1.53. The summed E-state index contributed by atoms with van der Waals surface area (Å²) in [6.45, 7) is 0.359. The predicted molar refractivity (Wildman–Crippen MR) is 113 cm³/mol.